The van der Waals surface area contributed by atoms with Crippen LogP contribution in [0.1, 0.15) is 35.8 Å². The highest BCUT2D eigenvalue weighted by atomic mass is 19.3. The maximum absolute atomic E-state index is 13.6. The number of benzene rings is 2. The normalized spacial score (nSPS) is 12.2. The molecule has 2 aromatic carbocycles. The third-order valence-corrected chi connectivity index (χ3v) is 4.05. The molecule has 1 aromatic heterocycles. The molecule has 0 fully saturated rings. The van der Waals surface area contributed by atoms with Gasteiger partial charge in [-0.15, -0.1) is 0 Å². The van der Waals surface area contributed by atoms with Gasteiger partial charge in [-0.3, -0.25) is 4.57 Å². The molecule has 8 heteroatoms. The number of carbonyl (C=O) groups is 1. The van der Waals surface area contributed by atoms with E-state index in [-0.39, 0.29) is 16.9 Å². The maximum Gasteiger partial charge on any atom is 0.339 e. The Labute approximate surface area is 154 Å². The quantitative estimate of drug-likeness (QED) is 0.598. The van der Waals surface area contributed by atoms with E-state index in [4.69, 9.17) is 14.2 Å². The van der Waals surface area contributed by atoms with Crippen LogP contribution < -0.4 is 9.47 Å². The molecule has 0 amide bonds. The lowest BCUT2D eigenvalue weighted by Crippen LogP contribution is -2.15. The van der Waals surface area contributed by atoms with Crippen LogP contribution in [0.15, 0.2) is 42.5 Å². The van der Waals surface area contributed by atoms with Crippen molar-refractivity contribution in [3.8, 4) is 11.5 Å². The molecule has 0 aliphatic carbocycles. The number of hydrogen-bond acceptors (Lipinski definition) is 5. The van der Waals surface area contributed by atoms with Gasteiger partial charge in [0.05, 0.1) is 30.8 Å². The number of hydrogen-bond donors (Lipinski definition) is 0. The molecule has 1 atom stereocenters. The van der Waals surface area contributed by atoms with Gasteiger partial charge in [-0.2, -0.15) is 8.78 Å². The molecular weight excluding hydrogens is 358 g/mol. The molecular formula is C19H18F2N2O4. The number of rotatable bonds is 6. The zero-order valence-corrected chi connectivity index (χ0v) is 15.0. The van der Waals surface area contributed by atoms with Gasteiger partial charge >= 0.3 is 12.5 Å². The Bertz CT molecular complexity index is 949. The molecule has 3 aromatic rings. The average molecular weight is 376 g/mol. The minimum atomic E-state index is -2.81. The van der Waals surface area contributed by atoms with Gasteiger partial charge in [0.15, 0.2) is 11.9 Å². The number of halogens is 2. The van der Waals surface area contributed by atoms with Crippen molar-refractivity contribution < 1.29 is 27.8 Å². The second kappa shape index (κ2) is 7.61. The highest BCUT2D eigenvalue weighted by Gasteiger charge is 2.25. The third-order valence-electron chi connectivity index (χ3n) is 4.05. The van der Waals surface area contributed by atoms with Crippen LogP contribution in [0.4, 0.5) is 8.78 Å². The number of nitrogens with zero attached hydrogens (tertiary/aromatic N) is 2. The molecule has 3 rings (SSSR count). The van der Waals surface area contributed by atoms with Crippen molar-refractivity contribution in [3.05, 3.63) is 53.9 Å². The summed E-state index contributed by atoms with van der Waals surface area (Å²) in [6.45, 7) is -1.32. The largest absolute Gasteiger partial charge is 0.497 e. The lowest BCUT2D eigenvalue weighted by Gasteiger charge is -2.16. The van der Waals surface area contributed by atoms with E-state index in [1.54, 1.807) is 30.3 Å². The van der Waals surface area contributed by atoms with Crippen LogP contribution in [-0.4, -0.2) is 29.7 Å². The van der Waals surface area contributed by atoms with Gasteiger partial charge in [-0.05, 0) is 31.2 Å². The van der Waals surface area contributed by atoms with E-state index in [1.807, 2.05) is 0 Å². The molecule has 142 valence electrons. The predicted octanol–water partition coefficient (Wildman–Crippen LogP) is 4.37. The number of alkyl halides is 2. The van der Waals surface area contributed by atoms with Crippen molar-refractivity contribution in [3.63, 3.8) is 0 Å². The van der Waals surface area contributed by atoms with E-state index < -0.39 is 18.6 Å². The minimum Gasteiger partial charge on any atom is -0.497 e. The maximum atomic E-state index is 13.6. The zero-order chi connectivity index (χ0) is 19.6. The van der Waals surface area contributed by atoms with Gasteiger partial charge in [-0.1, -0.05) is 12.1 Å². The summed E-state index contributed by atoms with van der Waals surface area (Å²) in [5.74, 6) is 0.0875. The van der Waals surface area contributed by atoms with E-state index in [2.05, 4.69) is 4.98 Å². The monoisotopic (exact) mass is 376 g/mol. The fourth-order valence-corrected chi connectivity index (χ4v) is 2.76. The van der Waals surface area contributed by atoms with Crippen molar-refractivity contribution in [2.24, 2.45) is 0 Å². The summed E-state index contributed by atoms with van der Waals surface area (Å²) in [7, 11) is 2.91. The van der Waals surface area contributed by atoms with Gasteiger partial charge < -0.3 is 14.2 Å². The number of ether oxygens (including phenoxy) is 3. The Balaban J connectivity index is 1.92. The molecule has 0 saturated heterocycles. The summed E-state index contributed by atoms with van der Waals surface area (Å²) in [4.78, 5) is 16.7. The molecule has 6 nitrogen and oxygen atoms in total. The Kier molecular flexibility index (Phi) is 5.25. The smallest absolute Gasteiger partial charge is 0.339 e. The van der Waals surface area contributed by atoms with Crippen LogP contribution in [-0.2, 0) is 4.74 Å². The van der Waals surface area contributed by atoms with Gasteiger partial charge in [0, 0.05) is 6.07 Å². The number of methoxy groups -OCH3 is 2. The lowest BCUT2D eigenvalue weighted by atomic mass is 10.2. The fourth-order valence-electron chi connectivity index (χ4n) is 2.76. The molecule has 0 spiro atoms. The molecule has 0 aliphatic rings. The third kappa shape index (κ3) is 3.69. The summed E-state index contributed by atoms with van der Waals surface area (Å²) in [5, 5.41) is 0. The molecule has 0 N–H and O–H groups in total. The fraction of sp³-hybridized carbons (Fsp3) is 0.263. The summed E-state index contributed by atoms with van der Waals surface area (Å²) >= 11 is 0. The summed E-state index contributed by atoms with van der Waals surface area (Å²) in [6, 6.07) is 11.1. The van der Waals surface area contributed by atoms with Crippen molar-refractivity contribution in [2.75, 3.05) is 14.2 Å². The molecule has 27 heavy (non-hydrogen) atoms. The standard InChI is InChI=1S/C19H18F2N2O4/c1-11(17-22-15-6-4-5-7-16(15)23(17)19(20)21)27-18(24)12-8-13(25-2)10-14(9-12)26-3/h4-11,19H,1-3H3. The summed E-state index contributed by atoms with van der Waals surface area (Å²) in [6.07, 6.45) is -0.990. The van der Waals surface area contributed by atoms with Gasteiger partial charge in [0.1, 0.15) is 11.5 Å². The first-order valence-corrected chi connectivity index (χ1v) is 8.13. The Morgan fingerprint density at radius 3 is 2.30 bits per heavy atom. The molecule has 0 saturated carbocycles. The topological polar surface area (TPSA) is 62.6 Å². The number of carbonyl (C=O) groups excluding carboxylic acids is 1. The number of aromatic nitrogens is 2. The number of imidazole rings is 1. The zero-order valence-electron chi connectivity index (χ0n) is 15.0. The second-order valence-corrected chi connectivity index (χ2v) is 5.76. The summed E-state index contributed by atoms with van der Waals surface area (Å²) < 4.78 is 43.5. The van der Waals surface area contributed by atoms with Gasteiger partial charge in [0.25, 0.3) is 0 Å². The van der Waals surface area contributed by atoms with Crippen LogP contribution in [0, 0.1) is 0 Å². The van der Waals surface area contributed by atoms with Crippen molar-refractivity contribution in [1.29, 1.82) is 0 Å². The Morgan fingerprint density at radius 2 is 1.70 bits per heavy atom. The Morgan fingerprint density at radius 1 is 1.07 bits per heavy atom. The van der Waals surface area contributed by atoms with Crippen LogP contribution in [0.2, 0.25) is 0 Å². The van der Waals surface area contributed by atoms with E-state index in [9.17, 15) is 13.6 Å². The van der Waals surface area contributed by atoms with Crippen molar-refractivity contribution in [2.45, 2.75) is 19.6 Å². The van der Waals surface area contributed by atoms with E-state index in [1.165, 1.54) is 33.3 Å². The minimum absolute atomic E-state index is 0.0330. The average Bonchev–Trinajstić information content (AvgIpc) is 3.07. The first-order valence-electron chi connectivity index (χ1n) is 8.13. The van der Waals surface area contributed by atoms with Crippen molar-refractivity contribution in [1.82, 2.24) is 9.55 Å². The lowest BCUT2D eigenvalue weighted by molar-refractivity contribution is 0.0232. The molecule has 0 bridgehead atoms. The predicted molar refractivity (Wildman–Crippen MR) is 94.4 cm³/mol. The SMILES string of the molecule is COc1cc(OC)cc(C(=O)OC(C)c2nc3ccccc3n2C(F)F)c1. The molecule has 1 heterocycles. The van der Waals surface area contributed by atoms with Crippen LogP contribution in [0.3, 0.4) is 0 Å². The van der Waals surface area contributed by atoms with E-state index in [0.717, 1.165) is 4.57 Å². The second-order valence-electron chi connectivity index (χ2n) is 5.76. The highest BCUT2D eigenvalue weighted by Crippen LogP contribution is 2.29. The number of para-hydroxylation sites is 2. The number of fused-ring (bicyclic) bond motifs is 1. The first kappa shape index (κ1) is 18.6. The van der Waals surface area contributed by atoms with Crippen LogP contribution >= 0.6 is 0 Å². The summed E-state index contributed by atoms with van der Waals surface area (Å²) in [5.41, 5.74) is 0.852. The van der Waals surface area contributed by atoms with E-state index in [0.29, 0.717) is 17.0 Å². The van der Waals surface area contributed by atoms with E-state index >= 15 is 0 Å². The number of esters is 1. The van der Waals surface area contributed by atoms with Crippen molar-refractivity contribution >= 4 is 17.0 Å². The highest BCUT2D eigenvalue weighted by molar-refractivity contribution is 5.90. The molecule has 0 aliphatic heterocycles. The van der Waals surface area contributed by atoms with Gasteiger partial charge in [0.2, 0.25) is 0 Å². The van der Waals surface area contributed by atoms with Crippen LogP contribution in [0.25, 0.3) is 11.0 Å². The first-order chi connectivity index (χ1) is 12.9. The molecule has 0 radical (unpaired) electrons. The molecule has 1 unspecified atom stereocenters. The Hall–Kier alpha value is -3.16. The van der Waals surface area contributed by atoms with Crippen LogP contribution in [0.5, 0.6) is 11.5 Å². The van der Waals surface area contributed by atoms with Gasteiger partial charge in [-0.25, -0.2) is 9.78 Å².